The molecule has 0 saturated heterocycles. The number of benzene rings is 1. The summed E-state index contributed by atoms with van der Waals surface area (Å²) < 4.78 is 0.896. The van der Waals surface area contributed by atoms with Gasteiger partial charge in [0.25, 0.3) is 0 Å². The van der Waals surface area contributed by atoms with Gasteiger partial charge in [0, 0.05) is 10.7 Å². The third-order valence-corrected chi connectivity index (χ3v) is 3.43. The lowest BCUT2D eigenvalue weighted by Gasteiger charge is -2.13. The van der Waals surface area contributed by atoms with Crippen molar-refractivity contribution in [2.45, 2.75) is 0 Å². The Morgan fingerprint density at radius 1 is 0.870 bits per heavy atom. The fourth-order valence-corrected chi connectivity index (χ4v) is 2.05. The zero-order valence-corrected chi connectivity index (χ0v) is 13.6. The SMILES string of the molecule is Nc1c(NNc2ccccc2)ncnc1Nc1ccc(Br)cn1. The molecule has 2 heterocycles. The first-order chi connectivity index (χ1) is 11.2. The number of rotatable bonds is 5. The normalized spacial score (nSPS) is 10.1. The number of anilines is 5. The lowest BCUT2D eigenvalue weighted by atomic mass is 10.3. The predicted molar refractivity (Wildman–Crippen MR) is 95.4 cm³/mol. The average molecular weight is 372 g/mol. The number of nitrogens with two attached hydrogens (primary N) is 1. The molecule has 2 aromatic heterocycles. The number of hydrazine groups is 1. The van der Waals surface area contributed by atoms with Gasteiger partial charge in [-0.25, -0.2) is 15.0 Å². The fourth-order valence-electron chi connectivity index (χ4n) is 1.82. The van der Waals surface area contributed by atoms with Crippen LogP contribution in [0.5, 0.6) is 0 Å². The van der Waals surface area contributed by atoms with Crippen LogP contribution in [-0.2, 0) is 0 Å². The molecule has 3 aromatic rings. The van der Waals surface area contributed by atoms with Crippen LogP contribution < -0.4 is 21.9 Å². The summed E-state index contributed by atoms with van der Waals surface area (Å²) >= 11 is 3.34. The minimum atomic E-state index is 0.389. The topological polar surface area (TPSA) is 101 Å². The maximum atomic E-state index is 6.10. The molecular formula is C15H14BrN7. The molecule has 0 aliphatic rings. The summed E-state index contributed by atoms with van der Waals surface area (Å²) in [5, 5.41) is 3.06. The summed E-state index contributed by atoms with van der Waals surface area (Å²) in [6, 6.07) is 13.4. The first-order valence-corrected chi connectivity index (χ1v) is 7.58. The highest BCUT2D eigenvalue weighted by Gasteiger charge is 2.08. The molecule has 0 amide bonds. The standard InChI is InChI=1S/C15H14BrN7/c16-10-6-7-12(18-8-10)21-14-13(17)15(20-9-19-14)23-22-11-4-2-1-3-5-11/h1-9,22H,17H2,(H2,18,19,20,21,23). The molecule has 0 aliphatic carbocycles. The van der Waals surface area contributed by atoms with Crippen LogP contribution in [0.4, 0.5) is 28.8 Å². The number of halogens is 1. The van der Waals surface area contributed by atoms with Crippen LogP contribution in [0.25, 0.3) is 0 Å². The van der Waals surface area contributed by atoms with E-state index in [0.29, 0.717) is 23.1 Å². The molecule has 1 aromatic carbocycles. The van der Waals surface area contributed by atoms with Crippen molar-refractivity contribution in [3.8, 4) is 0 Å². The summed E-state index contributed by atoms with van der Waals surface area (Å²) in [5.74, 6) is 1.59. The van der Waals surface area contributed by atoms with Gasteiger partial charge in [-0.1, -0.05) is 18.2 Å². The molecule has 0 saturated carbocycles. The number of hydrogen-bond acceptors (Lipinski definition) is 7. The fraction of sp³-hybridized carbons (Fsp3) is 0. The molecule has 0 bridgehead atoms. The molecule has 116 valence electrons. The second-order valence-corrected chi connectivity index (χ2v) is 5.50. The maximum Gasteiger partial charge on any atom is 0.173 e. The summed E-state index contributed by atoms with van der Waals surface area (Å²) in [6.45, 7) is 0. The zero-order chi connectivity index (χ0) is 16.1. The van der Waals surface area contributed by atoms with E-state index in [2.05, 4.69) is 47.1 Å². The minimum Gasteiger partial charge on any atom is -0.393 e. The van der Waals surface area contributed by atoms with Crippen molar-refractivity contribution in [3.63, 3.8) is 0 Å². The highest BCUT2D eigenvalue weighted by molar-refractivity contribution is 9.10. The molecule has 0 spiro atoms. The number of nitrogens with zero attached hydrogens (tertiary/aromatic N) is 3. The van der Waals surface area contributed by atoms with Crippen LogP contribution in [0.15, 0.2) is 59.5 Å². The highest BCUT2D eigenvalue weighted by atomic mass is 79.9. The summed E-state index contributed by atoms with van der Waals surface area (Å²) in [4.78, 5) is 12.5. The van der Waals surface area contributed by atoms with Gasteiger partial charge in [-0.3, -0.25) is 10.9 Å². The van der Waals surface area contributed by atoms with Gasteiger partial charge < -0.3 is 11.1 Å². The Kier molecular flexibility index (Phi) is 4.53. The number of hydrogen-bond donors (Lipinski definition) is 4. The number of para-hydroxylation sites is 1. The smallest absolute Gasteiger partial charge is 0.173 e. The van der Waals surface area contributed by atoms with Crippen LogP contribution in [0.3, 0.4) is 0 Å². The minimum absolute atomic E-state index is 0.389. The van der Waals surface area contributed by atoms with Crippen molar-refractivity contribution in [3.05, 3.63) is 59.5 Å². The number of nitrogen functional groups attached to an aromatic ring is 1. The van der Waals surface area contributed by atoms with Crippen LogP contribution >= 0.6 is 15.9 Å². The molecule has 0 atom stereocenters. The van der Waals surface area contributed by atoms with Crippen molar-refractivity contribution in [2.24, 2.45) is 0 Å². The van der Waals surface area contributed by atoms with Gasteiger partial charge in [0.2, 0.25) is 0 Å². The van der Waals surface area contributed by atoms with Crippen molar-refractivity contribution in [1.29, 1.82) is 0 Å². The van der Waals surface area contributed by atoms with E-state index in [-0.39, 0.29) is 0 Å². The Bertz CT molecular complexity index is 778. The van der Waals surface area contributed by atoms with Gasteiger partial charge in [0.1, 0.15) is 17.8 Å². The molecule has 0 unspecified atom stereocenters. The zero-order valence-electron chi connectivity index (χ0n) is 12.0. The Balaban J connectivity index is 1.74. The summed E-state index contributed by atoms with van der Waals surface area (Å²) in [5.41, 5.74) is 13.4. The molecule has 5 N–H and O–H groups in total. The Labute approximate surface area is 141 Å². The Morgan fingerprint density at radius 3 is 2.39 bits per heavy atom. The van der Waals surface area contributed by atoms with Gasteiger partial charge in [0.05, 0.1) is 5.69 Å². The summed E-state index contributed by atoms with van der Waals surface area (Å²) in [7, 11) is 0. The highest BCUT2D eigenvalue weighted by Crippen LogP contribution is 2.25. The number of nitrogens with one attached hydrogen (secondary N) is 3. The van der Waals surface area contributed by atoms with Crippen molar-refractivity contribution < 1.29 is 0 Å². The molecular weight excluding hydrogens is 358 g/mol. The third kappa shape index (κ3) is 3.86. The van der Waals surface area contributed by atoms with Crippen molar-refractivity contribution in [1.82, 2.24) is 15.0 Å². The second-order valence-electron chi connectivity index (χ2n) is 4.59. The molecule has 3 rings (SSSR count). The summed E-state index contributed by atoms with van der Waals surface area (Å²) in [6.07, 6.45) is 3.11. The van der Waals surface area contributed by atoms with E-state index in [1.165, 1.54) is 6.33 Å². The first kappa shape index (κ1) is 15.0. The van der Waals surface area contributed by atoms with Crippen molar-refractivity contribution in [2.75, 3.05) is 21.9 Å². The van der Waals surface area contributed by atoms with E-state index in [0.717, 1.165) is 10.2 Å². The van der Waals surface area contributed by atoms with E-state index in [1.807, 2.05) is 42.5 Å². The van der Waals surface area contributed by atoms with E-state index in [1.54, 1.807) is 6.20 Å². The molecule has 0 aliphatic heterocycles. The Hall–Kier alpha value is -2.87. The number of pyridine rings is 1. The quantitative estimate of drug-likeness (QED) is 0.509. The van der Waals surface area contributed by atoms with Gasteiger partial charge in [0.15, 0.2) is 11.6 Å². The van der Waals surface area contributed by atoms with E-state index in [4.69, 9.17) is 5.73 Å². The monoisotopic (exact) mass is 371 g/mol. The molecule has 0 fully saturated rings. The van der Waals surface area contributed by atoms with E-state index >= 15 is 0 Å². The van der Waals surface area contributed by atoms with Crippen LogP contribution in [0.1, 0.15) is 0 Å². The lowest BCUT2D eigenvalue weighted by molar-refractivity contribution is 1.15. The first-order valence-electron chi connectivity index (χ1n) is 6.78. The molecule has 8 heteroatoms. The predicted octanol–water partition coefficient (Wildman–Crippen LogP) is 3.40. The molecule has 0 radical (unpaired) electrons. The van der Waals surface area contributed by atoms with Gasteiger partial charge in [-0.05, 0) is 40.2 Å². The van der Waals surface area contributed by atoms with Crippen molar-refractivity contribution >= 4 is 44.8 Å². The van der Waals surface area contributed by atoms with Crippen LogP contribution in [-0.4, -0.2) is 15.0 Å². The van der Waals surface area contributed by atoms with Crippen LogP contribution in [0.2, 0.25) is 0 Å². The van der Waals surface area contributed by atoms with Gasteiger partial charge in [-0.15, -0.1) is 0 Å². The second kappa shape index (κ2) is 6.93. The Morgan fingerprint density at radius 2 is 1.65 bits per heavy atom. The van der Waals surface area contributed by atoms with E-state index < -0.39 is 0 Å². The van der Waals surface area contributed by atoms with Gasteiger partial charge >= 0.3 is 0 Å². The molecule has 23 heavy (non-hydrogen) atoms. The molecule has 7 nitrogen and oxygen atoms in total. The van der Waals surface area contributed by atoms with Crippen LogP contribution in [0, 0.1) is 0 Å². The maximum absolute atomic E-state index is 6.10. The lowest BCUT2D eigenvalue weighted by Crippen LogP contribution is -2.13. The average Bonchev–Trinajstić information content (AvgIpc) is 2.58. The third-order valence-electron chi connectivity index (χ3n) is 2.96. The largest absolute Gasteiger partial charge is 0.393 e. The number of aromatic nitrogens is 3. The van der Waals surface area contributed by atoms with Gasteiger partial charge in [-0.2, -0.15) is 0 Å². The van der Waals surface area contributed by atoms with E-state index in [9.17, 15) is 0 Å².